The zero-order chi connectivity index (χ0) is 14.7. The van der Waals surface area contributed by atoms with E-state index in [1.165, 1.54) is 23.3 Å². The lowest BCUT2D eigenvalue weighted by Crippen LogP contribution is -2.03. The molecule has 2 aromatic rings. The Morgan fingerprint density at radius 2 is 2.00 bits per heavy atom. The minimum Gasteiger partial charge on any atom is -0.381 e. The summed E-state index contributed by atoms with van der Waals surface area (Å²) in [7, 11) is 0. The van der Waals surface area contributed by atoms with Crippen molar-refractivity contribution in [1.29, 1.82) is 0 Å². The van der Waals surface area contributed by atoms with Crippen LogP contribution in [0.25, 0.3) is 0 Å². The molecule has 20 heavy (non-hydrogen) atoms. The minimum absolute atomic E-state index is 0.0901. The molecule has 0 atom stereocenters. The van der Waals surface area contributed by atoms with Crippen molar-refractivity contribution >= 4 is 27.3 Å². The van der Waals surface area contributed by atoms with Crippen LogP contribution >= 0.6 is 15.9 Å². The molecule has 2 rings (SSSR count). The lowest BCUT2D eigenvalue weighted by molar-refractivity contribution is -0.384. The van der Waals surface area contributed by atoms with Crippen molar-refractivity contribution in [3.8, 4) is 0 Å². The monoisotopic (exact) mass is 334 g/mol. The molecule has 0 saturated carbocycles. The summed E-state index contributed by atoms with van der Waals surface area (Å²) in [6.45, 7) is 4.76. The minimum atomic E-state index is -0.396. The largest absolute Gasteiger partial charge is 0.381 e. The zero-order valence-corrected chi connectivity index (χ0v) is 12.9. The highest BCUT2D eigenvalue weighted by Crippen LogP contribution is 2.25. The van der Waals surface area contributed by atoms with Crippen LogP contribution in [0.2, 0.25) is 0 Å². The molecule has 0 fully saturated rings. The molecule has 0 radical (unpaired) electrons. The van der Waals surface area contributed by atoms with Crippen LogP contribution in [0.15, 0.2) is 40.9 Å². The average Bonchev–Trinajstić information content (AvgIpc) is 2.41. The van der Waals surface area contributed by atoms with Crippen molar-refractivity contribution in [3.05, 3.63) is 67.7 Å². The van der Waals surface area contributed by atoms with E-state index in [2.05, 4.69) is 41.2 Å². The maximum Gasteiger partial charge on any atom is 0.270 e. The van der Waals surface area contributed by atoms with Gasteiger partial charge in [-0.15, -0.1) is 0 Å². The normalized spacial score (nSPS) is 10.3. The Balaban J connectivity index is 2.15. The highest BCUT2D eigenvalue weighted by atomic mass is 79.9. The van der Waals surface area contributed by atoms with Crippen LogP contribution in [0.3, 0.4) is 0 Å². The number of rotatable bonds is 4. The van der Waals surface area contributed by atoms with Crippen LogP contribution in [-0.4, -0.2) is 4.92 Å². The number of nitrogens with zero attached hydrogens (tertiary/aromatic N) is 1. The Morgan fingerprint density at radius 3 is 2.65 bits per heavy atom. The zero-order valence-electron chi connectivity index (χ0n) is 11.3. The van der Waals surface area contributed by atoms with Gasteiger partial charge in [-0.1, -0.05) is 28.1 Å². The topological polar surface area (TPSA) is 55.2 Å². The van der Waals surface area contributed by atoms with Gasteiger partial charge in [-0.25, -0.2) is 0 Å². The number of nitro benzene ring substituents is 1. The van der Waals surface area contributed by atoms with Gasteiger partial charge in [0.25, 0.3) is 5.69 Å². The number of nitrogens with one attached hydrogen (secondary N) is 1. The van der Waals surface area contributed by atoms with E-state index in [4.69, 9.17) is 0 Å². The predicted molar refractivity (Wildman–Crippen MR) is 84.0 cm³/mol. The Labute approximate surface area is 126 Å². The summed E-state index contributed by atoms with van der Waals surface area (Å²) in [5.41, 5.74) is 4.60. The van der Waals surface area contributed by atoms with Crippen molar-refractivity contribution < 1.29 is 4.92 Å². The molecule has 4 nitrogen and oxygen atoms in total. The molecule has 0 heterocycles. The molecular formula is C15H15BrN2O2. The molecule has 0 aliphatic carbocycles. The Kier molecular flexibility index (Phi) is 4.39. The van der Waals surface area contributed by atoms with E-state index in [0.29, 0.717) is 6.54 Å². The van der Waals surface area contributed by atoms with Crippen molar-refractivity contribution in [2.24, 2.45) is 0 Å². The molecule has 0 aromatic heterocycles. The maximum atomic E-state index is 10.7. The number of hydrogen-bond acceptors (Lipinski definition) is 3. The van der Waals surface area contributed by atoms with Crippen LogP contribution in [0.4, 0.5) is 11.4 Å². The first-order chi connectivity index (χ1) is 9.49. The summed E-state index contributed by atoms with van der Waals surface area (Å²) in [6, 6.07) is 10.9. The first-order valence-electron chi connectivity index (χ1n) is 6.22. The molecule has 0 aliphatic rings. The smallest absolute Gasteiger partial charge is 0.270 e. The number of anilines is 1. The molecule has 0 amide bonds. The molecule has 0 unspecified atom stereocenters. The van der Waals surface area contributed by atoms with Gasteiger partial charge in [-0.05, 0) is 42.7 Å². The van der Waals surface area contributed by atoms with Gasteiger partial charge in [0.15, 0.2) is 0 Å². The van der Waals surface area contributed by atoms with Gasteiger partial charge in [-0.3, -0.25) is 10.1 Å². The standard InChI is InChI=1S/C15H15BrN2O2/c1-10-4-3-5-15(11(10)2)17-9-12-6-7-13(18(19)20)8-14(12)16/h3-8,17H,9H2,1-2H3. The Bertz CT molecular complexity index is 656. The molecule has 0 saturated heterocycles. The first-order valence-corrected chi connectivity index (χ1v) is 7.01. The fourth-order valence-electron chi connectivity index (χ4n) is 1.93. The third kappa shape index (κ3) is 3.17. The lowest BCUT2D eigenvalue weighted by Gasteiger charge is -2.12. The number of benzene rings is 2. The highest BCUT2D eigenvalue weighted by Gasteiger charge is 2.09. The molecule has 104 valence electrons. The fourth-order valence-corrected chi connectivity index (χ4v) is 2.43. The van der Waals surface area contributed by atoms with E-state index in [1.807, 2.05) is 12.1 Å². The van der Waals surface area contributed by atoms with Gasteiger partial charge >= 0.3 is 0 Å². The van der Waals surface area contributed by atoms with Gasteiger partial charge in [0, 0.05) is 28.8 Å². The number of nitro groups is 1. The SMILES string of the molecule is Cc1cccc(NCc2ccc([N+](=O)[O-])cc2Br)c1C. The van der Waals surface area contributed by atoms with Crippen LogP contribution in [0.5, 0.6) is 0 Å². The number of aryl methyl sites for hydroxylation is 1. The lowest BCUT2D eigenvalue weighted by atomic mass is 10.1. The van der Waals surface area contributed by atoms with Crippen molar-refractivity contribution in [2.75, 3.05) is 5.32 Å². The van der Waals surface area contributed by atoms with Gasteiger partial charge in [0.1, 0.15) is 0 Å². The summed E-state index contributed by atoms with van der Waals surface area (Å²) >= 11 is 3.38. The van der Waals surface area contributed by atoms with E-state index in [0.717, 1.165) is 15.7 Å². The summed E-state index contributed by atoms with van der Waals surface area (Å²) < 4.78 is 0.740. The second-order valence-electron chi connectivity index (χ2n) is 4.63. The van der Waals surface area contributed by atoms with Crippen molar-refractivity contribution in [1.82, 2.24) is 0 Å². The maximum absolute atomic E-state index is 10.7. The predicted octanol–water partition coefficient (Wildman–Crippen LogP) is 4.59. The number of non-ortho nitro benzene ring substituents is 1. The van der Waals surface area contributed by atoms with E-state index in [1.54, 1.807) is 6.07 Å². The van der Waals surface area contributed by atoms with E-state index < -0.39 is 4.92 Å². The molecule has 0 spiro atoms. The molecule has 2 aromatic carbocycles. The number of halogens is 1. The van der Waals surface area contributed by atoms with Gasteiger partial charge in [0.05, 0.1) is 4.92 Å². The molecular weight excluding hydrogens is 320 g/mol. The molecule has 1 N–H and O–H groups in total. The van der Waals surface area contributed by atoms with E-state index in [9.17, 15) is 10.1 Å². The van der Waals surface area contributed by atoms with E-state index in [-0.39, 0.29) is 5.69 Å². The highest BCUT2D eigenvalue weighted by molar-refractivity contribution is 9.10. The van der Waals surface area contributed by atoms with Gasteiger partial charge in [-0.2, -0.15) is 0 Å². The Morgan fingerprint density at radius 1 is 1.25 bits per heavy atom. The average molecular weight is 335 g/mol. The molecule has 0 aliphatic heterocycles. The summed E-state index contributed by atoms with van der Waals surface area (Å²) in [5, 5.41) is 14.1. The van der Waals surface area contributed by atoms with E-state index >= 15 is 0 Å². The third-order valence-electron chi connectivity index (χ3n) is 3.32. The quantitative estimate of drug-likeness (QED) is 0.657. The Hall–Kier alpha value is -1.88. The summed E-state index contributed by atoms with van der Waals surface area (Å²) in [5.74, 6) is 0. The van der Waals surface area contributed by atoms with Crippen molar-refractivity contribution in [2.45, 2.75) is 20.4 Å². The van der Waals surface area contributed by atoms with Crippen LogP contribution in [0, 0.1) is 24.0 Å². The summed E-state index contributed by atoms with van der Waals surface area (Å²) in [4.78, 5) is 10.3. The second kappa shape index (κ2) is 6.05. The molecule has 5 heteroatoms. The second-order valence-corrected chi connectivity index (χ2v) is 5.49. The van der Waals surface area contributed by atoms with Crippen LogP contribution in [-0.2, 0) is 6.54 Å². The number of hydrogen-bond donors (Lipinski definition) is 1. The van der Waals surface area contributed by atoms with Gasteiger partial charge < -0.3 is 5.32 Å². The molecule has 0 bridgehead atoms. The third-order valence-corrected chi connectivity index (χ3v) is 4.06. The van der Waals surface area contributed by atoms with Crippen LogP contribution in [0.1, 0.15) is 16.7 Å². The van der Waals surface area contributed by atoms with Gasteiger partial charge in [0.2, 0.25) is 0 Å². The van der Waals surface area contributed by atoms with Crippen molar-refractivity contribution in [3.63, 3.8) is 0 Å². The fraction of sp³-hybridized carbons (Fsp3) is 0.200. The summed E-state index contributed by atoms with van der Waals surface area (Å²) in [6.07, 6.45) is 0. The van der Waals surface area contributed by atoms with Crippen LogP contribution < -0.4 is 5.32 Å². The first kappa shape index (κ1) is 14.5.